The van der Waals surface area contributed by atoms with Crippen molar-refractivity contribution in [2.75, 3.05) is 48.3 Å². The van der Waals surface area contributed by atoms with Gasteiger partial charge in [0.05, 0.1) is 0 Å². The highest BCUT2D eigenvalue weighted by atomic mass is 16.2. The summed E-state index contributed by atoms with van der Waals surface area (Å²) in [5, 5.41) is 11.9. The summed E-state index contributed by atoms with van der Waals surface area (Å²) in [5.74, 6) is 13.9. The van der Waals surface area contributed by atoms with Gasteiger partial charge in [0.1, 0.15) is 0 Å². The molecule has 0 unspecified atom stereocenters. The van der Waals surface area contributed by atoms with E-state index in [0.29, 0.717) is 65.3 Å². The molecule has 0 aromatic carbocycles. The lowest BCUT2D eigenvalue weighted by Crippen LogP contribution is -2.46. The minimum absolute atomic E-state index is 0.0415. The third-order valence-electron chi connectivity index (χ3n) is 25.9. The van der Waals surface area contributed by atoms with E-state index in [1.54, 1.807) is 11.9 Å². The van der Waals surface area contributed by atoms with E-state index in [1.807, 2.05) is 44.9 Å². The van der Waals surface area contributed by atoms with Gasteiger partial charge in [-0.05, 0) is 325 Å². The summed E-state index contributed by atoms with van der Waals surface area (Å²) in [6.45, 7) is 45.9. The van der Waals surface area contributed by atoms with Crippen molar-refractivity contribution in [3.63, 3.8) is 0 Å². The predicted octanol–water partition coefficient (Wildman–Crippen LogP) is 21.1. The van der Waals surface area contributed by atoms with Gasteiger partial charge < -0.3 is 36.0 Å². The predicted molar refractivity (Wildman–Crippen MR) is 445 cm³/mol. The molecule has 0 aromatic heterocycles. The Labute approximate surface area is 649 Å². The maximum absolute atomic E-state index is 12.0. The SMILES string of the molecule is CC(C)C[C@H](C)C1CCC(C)CC1.CC1CCC(C(=O)N(C)C(C)C)CC1.CC1CCC(C(=O)N(C)C)CC1.CCC(C)(C)NC(=O)C1CCC(C)CC1.CCCNC(=O)C1CCC(C)CC1.CCN(C)C(=O)C1CCC(C)CC1.CC[C@@H](C)NC(=O)C1CCC(C)CC1.CNC(=O)C1CCC(C)CC1. The first-order valence-corrected chi connectivity index (χ1v) is 44.3. The van der Waals surface area contributed by atoms with Gasteiger partial charge in [-0.25, -0.2) is 0 Å². The number of carbonyl (C=O) groups excluding carboxylic acids is 7. The van der Waals surface area contributed by atoms with Crippen molar-refractivity contribution in [1.82, 2.24) is 36.0 Å². The zero-order chi connectivity index (χ0) is 79.5. The van der Waals surface area contributed by atoms with E-state index in [2.05, 4.69) is 153 Å². The van der Waals surface area contributed by atoms with Crippen LogP contribution in [0.15, 0.2) is 0 Å². The van der Waals surface area contributed by atoms with Crippen molar-refractivity contribution >= 4 is 41.4 Å². The number of hydrogen-bond donors (Lipinski definition) is 4. The summed E-state index contributed by atoms with van der Waals surface area (Å²) in [5.41, 5.74) is -0.0415. The fourth-order valence-electron chi connectivity index (χ4n) is 16.4. The standard InChI is InChI=1S/C13H25NO.C13H26.2C12H23NO.2C11H21NO.C10H19NO.C9H17NO/c1-5-13(3,4)14-12(15)11-8-6-10(2)7-9-11;1-10(2)9-12(4)13-7-5-11(3)6-8-13;1-9(2)13(4)12(14)11-7-5-10(3)6-8-11;1-4-10(3)13-12(14)11-7-5-9(2)6-8-11;1-4-12(3)11(13)10-7-5-9(2)6-8-10;1-3-8-12-11(13)10-6-4-9(2)5-7-10;1-8-4-6-9(7-5-8)10(12)11(2)3;1-7-3-5-8(6-4-7)9(11)10-2/h10-11H,5-9H2,1-4H3,(H,14,15);10-13H,5-9H2,1-4H3;9-11H,5-8H2,1-4H3;9-11H,4-8H2,1-3H3,(H,13,14);9-10H,4-8H2,1-3H3;9-10H,3-8H2,1-2H3,(H,12,13);8-9H,4-7H2,1-3H3;7-8H,3-6H2,1-2H3,(H,10,11)/t;11?,12-,13?;;9?,10-,11?;;;;/m.0.1..../s1. The second-order valence-electron chi connectivity index (χ2n) is 37.4. The topological polar surface area (TPSA) is 177 Å². The van der Waals surface area contributed by atoms with Crippen LogP contribution < -0.4 is 21.3 Å². The Balaban J connectivity index is 0.000000601. The van der Waals surface area contributed by atoms with E-state index in [4.69, 9.17) is 0 Å². The molecule has 2 atom stereocenters. The molecule has 14 heteroatoms. The van der Waals surface area contributed by atoms with E-state index in [0.717, 1.165) is 187 Å². The van der Waals surface area contributed by atoms with Gasteiger partial charge >= 0.3 is 0 Å². The van der Waals surface area contributed by atoms with Crippen LogP contribution in [-0.2, 0) is 33.6 Å². The second kappa shape index (κ2) is 54.8. The summed E-state index contributed by atoms with van der Waals surface area (Å²) >= 11 is 0. The maximum atomic E-state index is 12.0. The number of rotatable bonds is 18. The first-order chi connectivity index (χ1) is 49.4. The molecule has 0 saturated heterocycles. The Bertz CT molecular complexity index is 2300. The Hall–Kier alpha value is -3.71. The number of nitrogens with zero attached hydrogens (tertiary/aromatic N) is 3. The van der Waals surface area contributed by atoms with Gasteiger partial charge in [0.15, 0.2) is 0 Å². The Morgan fingerprint density at radius 2 is 0.695 bits per heavy atom. The molecule has 616 valence electrons. The van der Waals surface area contributed by atoms with Gasteiger partial charge in [0.2, 0.25) is 41.4 Å². The highest BCUT2D eigenvalue weighted by molar-refractivity contribution is 5.81. The molecule has 0 aliphatic heterocycles. The van der Waals surface area contributed by atoms with Crippen molar-refractivity contribution < 1.29 is 33.6 Å². The molecule has 0 aromatic rings. The molecule has 0 heterocycles. The highest BCUT2D eigenvalue weighted by Crippen LogP contribution is 2.37. The van der Waals surface area contributed by atoms with Crippen LogP contribution in [0.2, 0.25) is 0 Å². The smallest absolute Gasteiger partial charge is 0.225 e. The van der Waals surface area contributed by atoms with Crippen molar-refractivity contribution in [1.29, 1.82) is 0 Å². The zero-order valence-electron chi connectivity index (χ0n) is 73.6. The fraction of sp³-hybridized carbons (Fsp3) is 0.923. The van der Waals surface area contributed by atoms with Crippen LogP contribution in [0.1, 0.15) is 370 Å². The molecular weight excluding hydrogens is 1300 g/mol. The summed E-state index contributed by atoms with van der Waals surface area (Å²) in [6.07, 6.45) is 42.8. The van der Waals surface area contributed by atoms with Crippen LogP contribution in [0.25, 0.3) is 0 Å². The molecule has 0 spiro atoms. The lowest BCUT2D eigenvalue weighted by atomic mass is 9.75. The van der Waals surface area contributed by atoms with Gasteiger partial charge in [-0.2, -0.15) is 0 Å². The normalized spacial score (nSPS) is 29.3. The van der Waals surface area contributed by atoms with Crippen LogP contribution in [0, 0.1) is 107 Å². The number of hydrogen-bond acceptors (Lipinski definition) is 7. The molecule has 8 rings (SSSR count). The Kier molecular flexibility index (Phi) is 51.8. The third kappa shape index (κ3) is 42.9. The quantitative estimate of drug-likeness (QED) is 0.106. The highest BCUT2D eigenvalue weighted by Gasteiger charge is 2.32. The lowest BCUT2D eigenvalue weighted by molar-refractivity contribution is -0.137. The molecule has 8 fully saturated rings. The number of nitrogens with one attached hydrogen (secondary N) is 4. The van der Waals surface area contributed by atoms with Crippen molar-refractivity contribution in [2.24, 2.45) is 107 Å². The summed E-state index contributed by atoms with van der Waals surface area (Å²) < 4.78 is 0. The molecule has 8 aliphatic carbocycles. The first-order valence-electron chi connectivity index (χ1n) is 44.3. The molecule has 0 radical (unpaired) electrons. The van der Waals surface area contributed by atoms with Gasteiger partial charge in [0.25, 0.3) is 0 Å². The average molecular weight is 1480 g/mol. The molecular formula is C91H175N7O7. The minimum Gasteiger partial charge on any atom is -0.359 e. The summed E-state index contributed by atoms with van der Waals surface area (Å²) in [4.78, 5) is 87.2. The summed E-state index contributed by atoms with van der Waals surface area (Å²) in [6, 6.07) is 0.670. The molecule has 8 saturated carbocycles. The van der Waals surface area contributed by atoms with Crippen LogP contribution in [0.5, 0.6) is 0 Å². The van der Waals surface area contributed by atoms with E-state index in [9.17, 15) is 33.6 Å². The van der Waals surface area contributed by atoms with Gasteiger partial charge in [0, 0.05) is 107 Å². The van der Waals surface area contributed by atoms with Crippen molar-refractivity contribution in [2.45, 2.75) is 387 Å². The molecule has 7 amide bonds. The zero-order valence-corrected chi connectivity index (χ0v) is 73.6. The lowest BCUT2D eigenvalue weighted by Gasteiger charge is -2.31. The van der Waals surface area contributed by atoms with Crippen LogP contribution >= 0.6 is 0 Å². The van der Waals surface area contributed by atoms with E-state index in [-0.39, 0.29) is 35.1 Å². The van der Waals surface area contributed by atoms with Gasteiger partial charge in [-0.1, -0.05) is 110 Å². The van der Waals surface area contributed by atoms with Crippen LogP contribution in [0.4, 0.5) is 0 Å². The molecule has 105 heavy (non-hydrogen) atoms. The monoisotopic (exact) mass is 1480 g/mol. The maximum Gasteiger partial charge on any atom is 0.225 e. The first kappa shape index (κ1) is 99.3. The van der Waals surface area contributed by atoms with Gasteiger partial charge in [-0.3, -0.25) is 33.6 Å². The van der Waals surface area contributed by atoms with E-state index >= 15 is 0 Å². The average Bonchev–Trinajstić information content (AvgIpc) is 0.893. The fourth-order valence-corrected chi connectivity index (χ4v) is 16.4. The largest absolute Gasteiger partial charge is 0.359 e. The third-order valence-corrected chi connectivity index (χ3v) is 25.9. The van der Waals surface area contributed by atoms with Gasteiger partial charge in [-0.15, -0.1) is 0 Å². The number of carbonyl (C=O) groups is 7. The Morgan fingerprint density at radius 1 is 0.390 bits per heavy atom. The minimum atomic E-state index is -0.0415. The van der Waals surface area contributed by atoms with E-state index < -0.39 is 0 Å². The molecule has 4 N–H and O–H groups in total. The second-order valence-corrected chi connectivity index (χ2v) is 37.4. The molecule has 14 nitrogen and oxygen atoms in total. The number of amides is 7. The van der Waals surface area contributed by atoms with Crippen LogP contribution in [0.3, 0.4) is 0 Å². The van der Waals surface area contributed by atoms with E-state index in [1.165, 1.54) is 122 Å². The van der Waals surface area contributed by atoms with Crippen molar-refractivity contribution in [3.05, 3.63) is 0 Å². The Morgan fingerprint density at radius 3 is 0.990 bits per heavy atom. The summed E-state index contributed by atoms with van der Waals surface area (Å²) in [7, 11) is 9.24. The molecule has 8 aliphatic rings. The van der Waals surface area contributed by atoms with Crippen molar-refractivity contribution in [3.8, 4) is 0 Å². The molecule has 0 bridgehead atoms. The van der Waals surface area contributed by atoms with Crippen LogP contribution in [-0.4, -0.2) is 122 Å².